The summed E-state index contributed by atoms with van der Waals surface area (Å²) in [4.78, 5) is 21.7. The molecule has 0 bridgehead atoms. The van der Waals surface area contributed by atoms with Gasteiger partial charge in [0.2, 0.25) is 0 Å². The molecule has 1 aromatic carbocycles. The lowest BCUT2D eigenvalue weighted by Gasteiger charge is -2.14. The first-order chi connectivity index (χ1) is 15.5. The highest BCUT2D eigenvalue weighted by Crippen LogP contribution is 2.27. The molecule has 0 radical (unpaired) electrons. The number of nitrogens with zero attached hydrogens (tertiary/aromatic N) is 4. The molecule has 3 aromatic heterocycles. The number of aromatic nitrogens is 4. The summed E-state index contributed by atoms with van der Waals surface area (Å²) in [5.74, 6) is 0.543. The van der Waals surface area contributed by atoms with Crippen LogP contribution in [0.4, 0.5) is 0 Å². The Labute approximate surface area is 187 Å². The maximum atomic E-state index is 12.6. The highest BCUT2D eigenvalue weighted by atomic mass is 16.5. The van der Waals surface area contributed by atoms with E-state index in [-0.39, 0.29) is 11.6 Å². The molecule has 3 heterocycles. The normalized spacial score (nSPS) is 11.3. The Morgan fingerprint density at radius 3 is 2.47 bits per heavy atom. The standard InChI is InChI=1S/C25H27N5O2/c1-5-18-10-20(15-30(16(2)3)25(18)31)22-13-27-14-23(28-22)24-11-21(29-32-24)19-8-6-17(7-9-19)12-26-4/h6-11,13-16,26H,5,12H2,1-4H3. The summed E-state index contributed by atoms with van der Waals surface area (Å²) in [6.07, 6.45) is 5.86. The number of hydrogen-bond acceptors (Lipinski definition) is 6. The fourth-order valence-corrected chi connectivity index (χ4v) is 3.59. The second kappa shape index (κ2) is 9.28. The molecular weight excluding hydrogens is 402 g/mol. The fraction of sp³-hybridized carbons (Fsp3) is 0.280. The third-order valence-electron chi connectivity index (χ3n) is 5.38. The summed E-state index contributed by atoms with van der Waals surface area (Å²) in [6.45, 7) is 6.79. The van der Waals surface area contributed by atoms with Gasteiger partial charge in [0.15, 0.2) is 5.76 Å². The lowest BCUT2D eigenvalue weighted by Crippen LogP contribution is -2.24. The smallest absolute Gasteiger partial charge is 0.253 e. The summed E-state index contributed by atoms with van der Waals surface area (Å²) in [6, 6.07) is 12.0. The molecule has 0 aliphatic rings. The minimum absolute atomic E-state index is 0.0379. The maximum absolute atomic E-state index is 12.6. The van der Waals surface area contributed by atoms with Crippen LogP contribution in [0.15, 0.2) is 64.3 Å². The van der Waals surface area contributed by atoms with Crippen LogP contribution in [0.5, 0.6) is 0 Å². The van der Waals surface area contributed by atoms with Gasteiger partial charge in [0.25, 0.3) is 5.56 Å². The van der Waals surface area contributed by atoms with Gasteiger partial charge < -0.3 is 14.4 Å². The van der Waals surface area contributed by atoms with Crippen LogP contribution in [0, 0.1) is 0 Å². The molecular formula is C25H27N5O2. The van der Waals surface area contributed by atoms with Crippen molar-refractivity contribution < 1.29 is 4.52 Å². The predicted molar refractivity (Wildman–Crippen MR) is 125 cm³/mol. The van der Waals surface area contributed by atoms with Gasteiger partial charge in [-0.2, -0.15) is 0 Å². The molecule has 0 fully saturated rings. The van der Waals surface area contributed by atoms with Crippen molar-refractivity contribution >= 4 is 0 Å². The largest absolute Gasteiger partial charge is 0.354 e. The van der Waals surface area contributed by atoms with E-state index in [4.69, 9.17) is 9.51 Å². The number of aryl methyl sites for hydroxylation is 1. The van der Waals surface area contributed by atoms with Gasteiger partial charge in [0, 0.05) is 41.5 Å². The molecule has 164 valence electrons. The van der Waals surface area contributed by atoms with Crippen molar-refractivity contribution in [3.63, 3.8) is 0 Å². The molecule has 0 saturated heterocycles. The summed E-state index contributed by atoms with van der Waals surface area (Å²) in [7, 11) is 1.92. The van der Waals surface area contributed by atoms with Gasteiger partial charge in [-0.25, -0.2) is 4.98 Å². The van der Waals surface area contributed by atoms with Gasteiger partial charge in [0.1, 0.15) is 11.4 Å². The highest BCUT2D eigenvalue weighted by molar-refractivity contribution is 5.67. The van der Waals surface area contributed by atoms with Gasteiger partial charge in [0.05, 0.1) is 18.1 Å². The van der Waals surface area contributed by atoms with Gasteiger partial charge in [-0.05, 0) is 38.9 Å². The van der Waals surface area contributed by atoms with Crippen molar-refractivity contribution in [3.05, 3.63) is 76.5 Å². The van der Waals surface area contributed by atoms with Crippen LogP contribution in [0.1, 0.15) is 37.9 Å². The number of benzene rings is 1. The van der Waals surface area contributed by atoms with Crippen molar-refractivity contribution in [1.82, 2.24) is 25.0 Å². The minimum Gasteiger partial charge on any atom is -0.354 e. The summed E-state index contributed by atoms with van der Waals surface area (Å²) in [5, 5.41) is 7.35. The highest BCUT2D eigenvalue weighted by Gasteiger charge is 2.14. The van der Waals surface area contributed by atoms with E-state index in [0.29, 0.717) is 23.6 Å². The number of rotatable bonds is 7. The first-order valence-electron chi connectivity index (χ1n) is 10.8. The molecule has 32 heavy (non-hydrogen) atoms. The molecule has 7 heteroatoms. The van der Waals surface area contributed by atoms with Crippen molar-refractivity contribution in [2.24, 2.45) is 0 Å². The van der Waals surface area contributed by atoms with Crippen molar-refractivity contribution in [2.75, 3.05) is 7.05 Å². The Balaban J connectivity index is 1.67. The average Bonchev–Trinajstić information content (AvgIpc) is 3.30. The molecule has 0 aliphatic heterocycles. The maximum Gasteiger partial charge on any atom is 0.253 e. The second-order valence-electron chi connectivity index (χ2n) is 8.01. The predicted octanol–water partition coefficient (Wildman–Crippen LogP) is 4.49. The van der Waals surface area contributed by atoms with E-state index < -0.39 is 0 Å². The Morgan fingerprint density at radius 1 is 1.03 bits per heavy atom. The zero-order valence-corrected chi connectivity index (χ0v) is 18.8. The van der Waals surface area contributed by atoms with Crippen molar-refractivity contribution in [3.8, 4) is 34.0 Å². The van der Waals surface area contributed by atoms with E-state index in [1.165, 1.54) is 5.56 Å². The molecule has 0 atom stereocenters. The zero-order valence-electron chi connectivity index (χ0n) is 18.8. The molecule has 4 rings (SSSR count). The van der Waals surface area contributed by atoms with E-state index in [1.54, 1.807) is 17.0 Å². The van der Waals surface area contributed by atoms with Crippen LogP contribution in [0.3, 0.4) is 0 Å². The lowest BCUT2D eigenvalue weighted by molar-refractivity contribution is 0.433. The van der Waals surface area contributed by atoms with Crippen molar-refractivity contribution in [2.45, 2.75) is 39.8 Å². The molecule has 0 spiro atoms. The molecule has 1 N–H and O–H groups in total. The monoisotopic (exact) mass is 429 g/mol. The molecule has 0 saturated carbocycles. The molecule has 0 amide bonds. The molecule has 0 unspecified atom stereocenters. The number of pyridine rings is 1. The quantitative estimate of drug-likeness (QED) is 0.466. The summed E-state index contributed by atoms with van der Waals surface area (Å²) < 4.78 is 7.32. The van der Waals surface area contributed by atoms with E-state index in [2.05, 4.69) is 27.6 Å². The molecule has 7 nitrogen and oxygen atoms in total. The van der Waals surface area contributed by atoms with Gasteiger partial charge in [-0.1, -0.05) is 36.3 Å². The van der Waals surface area contributed by atoms with E-state index >= 15 is 0 Å². The second-order valence-corrected chi connectivity index (χ2v) is 8.01. The minimum atomic E-state index is 0.0379. The first-order valence-corrected chi connectivity index (χ1v) is 10.8. The summed E-state index contributed by atoms with van der Waals surface area (Å²) >= 11 is 0. The van der Waals surface area contributed by atoms with Gasteiger partial charge in [-0.15, -0.1) is 0 Å². The van der Waals surface area contributed by atoms with Gasteiger partial charge in [-0.3, -0.25) is 9.78 Å². The van der Waals surface area contributed by atoms with Crippen LogP contribution in [0.2, 0.25) is 0 Å². The molecule has 0 aliphatic carbocycles. The lowest BCUT2D eigenvalue weighted by atomic mass is 10.1. The average molecular weight is 430 g/mol. The Bertz CT molecular complexity index is 1270. The third kappa shape index (κ3) is 4.38. The zero-order chi connectivity index (χ0) is 22.7. The van der Waals surface area contributed by atoms with E-state index in [0.717, 1.165) is 28.9 Å². The van der Waals surface area contributed by atoms with Crippen LogP contribution in [0.25, 0.3) is 34.0 Å². The third-order valence-corrected chi connectivity index (χ3v) is 5.38. The first kappa shape index (κ1) is 21.6. The van der Waals surface area contributed by atoms with Crippen molar-refractivity contribution in [1.29, 1.82) is 0 Å². The van der Waals surface area contributed by atoms with Crippen LogP contribution >= 0.6 is 0 Å². The van der Waals surface area contributed by atoms with E-state index in [9.17, 15) is 4.79 Å². The Morgan fingerprint density at radius 2 is 1.78 bits per heavy atom. The van der Waals surface area contributed by atoms with Crippen LogP contribution in [-0.2, 0) is 13.0 Å². The topological polar surface area (TPSA) is 85.8 Å². The Kier molecular flexibility index (Phi) is 6.28. The van der Waals surface area contributed by atoms with Crippen LogP contribution < -0.4 is 10.9 Å². The fourth-order valence-electron chi connectivity index (χ4n) is 3.59. The molecule has 4 aromatic rings. The number of nitrogens with one attached hydrogen (secondary N) is 1. The van der Waals surface area contributed by atoms with Gasteiger partial charge >= 0.3 is 0 Å². The SMILES string of the molecule is CCc1cc(-c2cncc(-c3cc(-c4ccc(CNC)cc4)no3)n2)cn(C(C)C)c1=O. The summed E-state index contributed by atoms with van der Waals surface area (Å²) in [5.41, 5.74) is 5.83. The van der Waals surface area contributed by atoms with E-state index in [1.807, 2.05) is 58.3 Å². The Hall–Kier alpha value is -3.58. The van der Waals surface area contributed by atoms with Crippen LogP contribution in [-0.4, -0.2) is 26.7 Å². The number of hydrogen-bond donors (Lipinski definition) is 1.